The number of esters is 1. The Morgan fingerprint density at radius 3 is 2.62 bits per heavy atom. The van der Waals surface area contributed by atoms with Crippen LogP contribution in [0.1, 0.15) is 23.9 Å². The lowest BCUT2D eigenvalue weighted by Crippen LogP contribution is -2.15. The highest BCUT2D eigenvalue weighted by atomic mass is 35.5. The lowest BCUT2D eigenvalue weighted by Gasteiger charge is -2.10. The molecule has 0 saturated carbocycles. The van der Waals surface area contributed by atoms with Gasteiger partial charge in [-0.15, -0.1) is 0 Å². The molecule has 0 saturated heterocycles. The molecule has 3 rings (SSSR count). The van der Waals surface area contributed by atoms with Gasteiger partial charge in [0.1, 0.15) is 0 Å². The van der Waals surface area contributed by atoms with E-state index in [1.807, 2.05) is 44.2 Å². The summed E-state index contributed by atoms with van der Waals surface area (Å²) in [5.74, 6) is -0.841. The van der Waals surface area contributed by atoms with Gasteiger partial charge in [-0.05, 0) is 56.7 Å². The van der Waals surface area contributed by atoms with Crippen LogP contribution in [0.2, 0.25) is 5.02 Å². The van der Waals surface area contributed by atoms with Crippen LogP contribution in [-0.4, -0.2) is 23.6 Å². The van der Waals surface area contributed by atoms with Gasteiger partial charge in [0.2, 0.25) is 0 Å². The third kappa shape index (κ3) is 3.06. The van der Waals surface area contributed by atoms with E-state index >= 15 is 0 Å². The molecule has 0 atom stereocenters. The Labute approximate surface area is 156 Å². The minimum absolute atomic E-state index is 0.269. The molecule has 2 aromatic rings. The van der Waals surface area contributed by atoms with Crippen molar-refractivity contribution in [1.29, 1.82) is 0 Å². The molecule has 0 spiro atoms. The number of nitrogens with zero attached hydrogens (tertiary/aromatic N) is 1. The predicted molar refractivity (Wildman–Crippen MR) is 101 cm³/mol. The van der Waals surface area contributed by atoms with Gasteiger partial charge in [-0.2, -0.15) is 0 Å². The molecular formula is C20H19ClN2O3. The summed E-state index contributed by atoms with van der Waals surface area (Å²) >= 11 is 6.11. The smallest absolute Gasteiger partial charge is 0.340 e. The quantitative estimate of drug-likeness (QED) is 0.661. The number of carbonyl (C=O) groups excluding carboxylic acids is 2. The van der Waals surface area contributed by atoms with Gasteiger partial charge in [0.05, 0.1) is 18.3 Å². The van der Waals surface area contributed by atoms with Crippen molar-refractivity contribution in [3.05, 3.63) is 69.1 Å². The maximum absolute atomic E-state index is 12.3. The molecule has 26 heavy (non-hydrogen) atoms. The number of benzene rings is 1. The second-order valence-corrected chi connectivity index (χ2v) is 6.58. The molecule has 134 valence electrons. The Hall–Kier alpha value is -2.79. The Morgan fingerprint density at radius 2 is 1.96 bits per heavy atom. The minimum atomic E-state index is -0.532. The van der Waals surface area contributed by atoms with Gasteiger partial charge in [-0.25, -0.2) is 4.79 Å². The average Bonchev–Trinajstić information content (AvgIpc) is 3.02. The number of ether oxygens (including phenoxy) is 1. The van der Waals surface area contributed by atoms with Gasteiger partial charge >= 0.3 is 5.97 Å². The molecule has 0 aliphatic carbocycles. The van der Waals surface area contributed by atoms with Crippen LogP contribution in [0.5, 0.6) is 0 Å². The lowest BCUT2D eigenvalue weighted by atomic mass is 10.0. The van der Waals surface area contributed by atoms with Crippen molar-refractivity contribution in [3.8, 4) is 5.69 Å². The van der Waals surface area contributed by atoms with Gasteiger partial charge in [0.25, 0.3) is 5.91 Å². The van der Waals surface area contributed by atoms with E-state index in [0.29, 0.717) is 16.3 Å². The van der Waals surface area contributed by atoms with Gasteiger partial charge in [0, 0.05) is 27.8 Å². The molecular weight excluding hydrogens is 352 g/mol. The fourth-order valence-electron chi connectivity index (χ4n) is 3.22. The fourth-order valence-corrected chi connectivity index (χ4v) is 3.40. The number of hydrogen-bond donors (Lipinski definition) is 1. The highest BCUT2D eigenvalue weighted by Gasteiger charge is 2.31. The van der Waals surface area contributed by atoms with Crippen LogP contribution in [-0.2, 0) is 14.3 Å². The van der Waals surface area contributed by atoms with Gasteiger partial charge in [-0.1, -0.05) is 17.7 Å². The number of aromatic nitrogens is 1. The van der Waals surface area contributed by atoms with E-state index in [4.69, 9.17) is 16.3 Å². The molecule has 0 fully saturated rings. The standard InChI is InChI=1S/C20H19ClN2O3/c1-11-8-14(13(3)23(11)16-7-5-6-15(21)10-16)9-17-18(20(25)26-4)12(2)22-19(17)24/h5-10H,1-4H3,(H,22,24)/b17-9-. The van der Waals surface area contributed by atoms with Crippen molar-refractivity contribution < 1.29 is 14.3 Å². The molecule has 0 bridgehead atoms. The summed E-state index contributed by atoms with van der Waals surface area (Å²) in [6, 6.07) is 9.53. The van der Waals surface area contributed by atoms with Crippen LogP contribution in [0.15, 0.2) is 47.2 Å². The number of methoxy groups -OCH3 is 1. The van der Waals surface area contributed by atoms with Crippen LogP contribution < -0.4 is 5.32 Å². The fraction of sp³-hybridized carbons (Fsp3) is 0.200. The van der Waals surface area contributed by atoms with Crippen molar-refractivity contribution in [3.63, 3.8) is 0 Å². The molecule has 1 aromatic carbocycles. The zero-order valence-electron chi connectivity index (χ0n) is 15.0. The number of nitrogens with one attached hydrogen (secondary N) is 1. The van der Waals surface area contributed by atoms with Crippen LogP contribution in [0.25, 0.3) is 11.8 Å². The number of aryl methyl sites for hydroxylation is 1. The summed E-state index contributed by atoms with van der Waals surface area (Å²) < 4.78 is 6.87. The molecule has 1 amide bonds. The first kappa shape index (κ1) is 18.0. The Balaban J connectivity index is 2.12. The number of allylic oxidation sites excluding steroid dienone is 1. The third-order valence-electron chi connectivity index (χ3n) is 4.42. The van der Waals surface area contributed by atoms with E-state index in [-0.39, 0.29) is 11.5 Å². The Bertz CT molecular complexity index is 983. The van der Waals surface area contributed by atoms with Crippen LogP contribution in [0, 0.1) is 13.8 Å². The number of amides is 1. The van der Waals surface area contributed by atoms with Crippen LogP contribution in [0.4, 0.5) is 0 Å². The topological polar surface area (TPSA) is 60.3 Å². The van der Waals surface area contributed by atoms with Crippen molar-refractivity contribution in [1.82, 2.24) is 9.88 Å². The van der Waals surface area contributed by atoms with E-state index in [1.165, 1.54) is 7.11 Å². The summed E-state index contributed by atoms with van der Waals surface area (Å²) in [5.41, 5.74) is 4.80. The summed E-state index contributed by atoms with van der Waals surface area (Å²) in [6.45, 7) is 5.62. The van der Waals surface area contributed by atoms with E-state index < -0.39 is 5.97 Å². The summed E-state index contributed by atoms with van der Waals surface area (Å²) in [4.78, 5) is 24.3. The Kier molecular flexibility index (Phi) is 4.74. The first-order valence-corrected chi connectivity index (χ1v) is 8.48. The number of halogens is 1. The second-order valence-electron chi connectivity index (χ2n) is 6.15. The molecule has 6 heteroatoms. The van der Waals surface area contributed by atoms with E-state index in [0.717, 1.165) is 22.6 Å². The lowest BCUT2D eigenvalue weighted by molar-refractivity contribution is -0.136. The Morgan fingerprint density at radius 1 is 1.23 bits per heavy atom. The SMILES string of the molecule is COC(=O)C1=C(C)NC(=O)/C1=C\c1cc(C)n(-c2cccc(Cl)c2)c1C. The van der Waals surface area contributed by atoms with E-state index in [2.05, 4.69) is 9.88 Å². The highest BCUT2D eigenvalue weighted by Crippen LogP contribution is 2.28. The highest BCUT2D eigenvalue weighted by molar-refractivity contribution is 6.30. The average molecular weight is 371 g/mol. The molecule has 0 radical (unpaired) electrons. The largest absolute Gasteiger partial charge is 0.465 e. The summed E-state index contributed by atoms with van der Waals surface area (Å²) in [5, 5.41) is 3.33. The number of carbonyl (C=O) groups is 2. The van der Waals surface area contributed by atoms with E-state index in [9.17, 15) is 9.59 Å². The molecule has 1 N–H and O–H groups in total. The minimum Gasteiger partial charge on any atom is -0.465 e. The third-order valence-corrected chi connectivity index (χ3v) is 4.65. The number of hydrogen-bond acceptors (Lipinski definition) is 3. The maximum atomic E-state index is 12.3. The monoisotopic (exact) mass is 370 g/mol. The molecule has 1 aliphatic rings. The molecule has 1 aromatic heterocycles. The van der Waals surface area contributed by atoms with Crippen molar-refractivity contribution >= 4 is 29.6 Å². The zero-order valence-corrected chi connectivity index (χ0v) is 15.8. The van der Waals surface area contributed by atoms with Crippen LogP contribution in [0.3, 0.4) is 0 Å². The predicted octanol–water partition coefficient (Wildman–Crippen LogP) is 3.71. The van der Waals surface area contributed by atoms with Gasteiger partial charge in [0.15, 0.2) is 0 Å². The first-order valence-electron chi connectivity index (χ1n) is 8.11. The molecule has 0 unspecified atom stereocenters. The first-order chi connectivity index (χ1) is 12.3. The van der Waals surface area contributed by atoms with Crippen molar-refractivity contribution in [2.45, 2.75) is 20.8 Å². The van der Waals surface area contributed by atoms with Crippen LogP contribution >= 0.6 is 11.6 Å². The number of rotatable bonds is 3. The second kappa shape index (κ2) is 6.84. The van der Waals surface area contributed by atoms with Gasteiger partial charge in [-0.3, -0.25) is 4.79 Å². The molecule has 2 heterocycles. The summed E-state index contributed by atoms with van der Waals surface area (Å²) in [7, 11) is 1.30. The zero-order chi connectivity index (χ0) is 19.0. The summed E-state index contributed by atoms with van der Waals surface area (Å²) in [6.07, 6.45) is 1.72. The normalized spacial score (nSPS) is 15.6. The maximum Gasteiger partial charge on any atom is 0.340 e. The van der Waals surface area contributed by atoms with E-state index in [1.54, 1.807) is 13.0 Å². The molecule has 1 aliphatic heterocycles. The van der Waals surface area contributed by atoms with Crippen molar-refractivity contribution in [2.75, 3.05) is 7.11 Å². The van der Waals surface area contributed by atoms with Gasteiger partial charge < -0.3 is 14.6 Å². The molecule has 5 nitrogen and oxygen atoms in total. The van der Waals surface area contributed by atoms with Crippen molar-refractivity contribution in [2.24, 2.45) is 0 Å².